The van der Waals surface area contributed by atoms with Crippen LogP contribution >= 0.6 is 11.3 Å². The second-order valence-corrected chi connectivity index (χ2v) is 3.88. The summed E-state index contributed by atoms with van der Waals surface area (Å²) in [4.78, 5) is 0. The average molecular weight is 209 g/mol. The van der Waals surface area contributed by atoms with Gasteiger partial charge in [0.05, 0.1) is 17.2 Å². The van der Waals surface area contributed by atoms with Crippen LogP contribution in [0.15, 0.2) is 18.2 Å². The van der Waals surface area contributed by atoms with Crippen molar-refractivity contribution in [1.29, 1.82) is 5.26 Å². The van der Waals surface area contributed by atoms with Gasteiger partial charge in [0.15, 0.2) is 5.13 Å². The summed E-state index contributed by atoms with van der Waals surface area (Å²) in [6.07, 6.45) is 0.143. The number of nitrogens with zero attached hydrogens (tertiary/aromatic N) is 1. The normalized spacial score (nSPS) is 10.4. The summed E-state index contributed by atoms with van der Waals surface area (Å²) in [7, 11) is 0. The first-order chi connectivity index (χ1) is 6.70. The smallest absolute Gasteiger partial charge is 0.177 e. The van der Waals surface area contributed by atoms with Crippen molar-refractivity contribution in [2.45, 2.75) is 6.42 Å². The molecule has 14 heavy (non-hydrogen) atoms. The van der Waals surface area contributed by atoms with E-state index in [-0.39, 0.29) is 6.42 Å². The van der Waals surface area contributed by atoms with E-state index in [9.17, 15) is 8.78 Å². The number of hydrogen-bond donors (Lipinski definition) is 0. The molecule has 0 fully saturated rings. The van der Waals surface area contributed by atoms with Crippen molar-refractivity contribution >= 4 is 21.4 Å². The molecule has 1 aromatic carbocycles. The van der Waals surface area contributed by atoms with Gasteiger partial charge < -0.3 is 0 Å². The fraction of sp³-hybridized carbons (Fsp3) is 0.100. The van der Waals surface area contributed by atoms with Gasteiger partial charge in [-0.15, -0.1) is 11.3 Å². The lowest BCUT2D eigenvalue weighted by atomic mass is 10.1. The number of nitriles is 1. The Morgan fingerprint density at radius 1 is 1.29 bits per heavy atom. The topological polar surface area (TPSA) is 23.8 Å². The summed E-state index contributed by atoms with van der Waals surface area (Å²) >= 11 is 0.781. The third-order valence-electron chi connectivity index (χ3n) is 1.88. The fourth-order valence-corrected chi connectivity index (χ4v) is 2.10. The molecule has 0 N–H and O–H groups in total. The van der Waals surface area contributed by atoms with Crippen LogP contribution in [0, 0.1) is 22.3 Å². The van der Waals surface area contributed by atoms with Crippen molar-refractivity contribution in [2.75, 3.05) is 0 Å². The molecule has 0 radical (unpaired) electrons. The van der Waals surface area contributed by atoms with Crippen LogP contribution in [0.3, 0.4) is 0 Å². The summed E-state index contributed by atoms with van der Waals surface area (Å²) in [6, 6.07) is 6.13. The minimum Gasteiger partial charge on any atom is -0.205 e. The first-order valence-electron chi connectivity index (χ1n) is 3.95. The van der Waals surface area contributed by atoms with Crippen molar-refractivity contribution in [3.63, 3.8) is 0 Å². The Hall–Kier alpha value is -1.47. The molecule has 0 atom stereocenters. The number of halogens is 2. The van der Waals surface area contributed by atoms with Gasteiger partial charge in [0, 0.05) is 0 Å². The standard InChI is InChI=1S/C10H5F2NS/c11-8-4-6(1-2-13)3-7-5-9(12)14-10(7)8/h3-5H,1H2. The Kier molecular flexibility index (Phi) is 2.18. The zero-order valence-electron chi connectivity index (χ0n) is 7.05. The molecule has 2 aromatic rings. The third-order valence-corrected chi connectivity index (χ3v) is 2.83. The maximum Gasteiger partial charge on any atom is 0.177 e. The summed E-state index contributed by atoms with van der Waals surface area (Å²) < 4.78 is 26.4. The molecule has 0 spiro atoms. The Labute approximate surface area is 83.2 Å². The fourth-order valence-electron chi connectivity index (χ4n) is 1.33. The molecule has 1 nitrogen and oxygen atoms in total. The minimum absolute atomic E-state index is 0.143. The first kappa shape index (κ1) is 9.10. The van der Waals surface area contributed by atoms with Gasteiger partial charge in [-0.05, 0) is 29.1 Å². The number of thiophene rings is 1. The van der Waals surface area contributed by atoms with Crippen LogP contribution in [0.1, 0.15) is 5.56 Å². The Bertz CT molecular complexity index is 525. The van der Waals surface area contributed by atoms with E-state index in [0.717, 1.165) is 11.3 Å². The lowest BCUT2D eigenvalue weighted by Crippen LogP contribution is -1.83. The lowest BCUT2D eigenvalue weighted by molar-refractivity contribution is 0.640. The van der Waals surface area contributed by atoms with E-state index < -0.39 is 10.9 Å². The maximum atomic E-state index is 13.3. The zero-order chi connectivity index (χ0) is 10.1. The van der Waals surface area contributed by atoms with E-state index in [0.29, 0.717) is 15.6 Å². The minimum atomic E-state index is -0.457. The molecule has 0 aliphatic rings. The monoisotopic (exact) mass is 209 g/mol. The summed E-state index contributed by atoms with van der Waals surface area (Å²) in [5, 5.41) is 8.56. The highest BCUT2D eigenvalue weighted by molar-refractivity contribution is 7.17. The molecule has 0 unspecified atom stereocenters. The van der Waals surface area contributed by atoms with Crippen LogP contribution in [0.25, 0.3) is 10.1 Å². The summed E-state index contributed by atoms with van der Waals surface area (Å²) in [5.41, 5.74) is 0.579. The molecule has 1 heterocycles. The van der Waals surface area contributed by atoms with Gasteiger partial charge in [-0.2, -0.15) is 9.65 Å². The molecule has 0 saturated carbocycles. The van der Waals surface area contributed by atoms with Gasteiger partial charge >= 0.3 is 0 Å². The van der Waals surface area contributed by atoms with Crippen LogP contribution in [0.4, 0.5) is 8.78 Å². The highest BCUT2D eigenvalue weighted by Gasteiger charge is 2.08. The Morgan fingerprint density at radius 2 is 2.07 bits per heavy atom. The zero-order valence-corrected chi connectivity index (χ0v) is 7.87. The first-order valence-corrected chi connectivity index (χ1v) is 4.77. The Morgan fingerprint density at radius 3 is 2.79 bits per heavy atom. The predicted molar refractivity (Wildman–Crippen MR) is 51.1 cm³/mol. The maximum absolute atomic E-state index is 13.3. The third kappa shape index (κ3) is 1.47. The highest BCUT2D eigenvalue weighted by atomic mass is 32.1. The van der Waals surface area contributed by atoms with Crippen LogP contribution < -0.4 is 0 Å². The van der Waals surface area contributed by atoms with Gasteiger partial charge in [0.25, 0.3) is 0 Å². The largest absolute Gasteiger partial charge is 0.205 e. The van der Waals surface area contributed by atoms with Gasteiger partial charge in [-0.1, -0.05) is 0 Å². The van der Waals surface area contributed by atoms with Crippen molar-refractivity contribution in [3.8, 4) is 6.07 Å². The van der Waals surface area contributed by atoms with Crippen LogP contribution in [0.5, 0.6) is 0 Å². The predicted octanol–water partition coefficient (Wildman–Crippen LogP) is 3.25. The highest BCUT2D eigenvalue weighted by Crippen LogP contribution is 2.28. The molecule has 0 aliphatic heterocycles. The van der Waals surface area contributed by atoms with Gasteiger partial charge in [-0.25, -0.2) is 4.39 Å². The number of rotatable bonds is 1. The van der Waals surface area contributed by atoms with Crippen molar-refractivity contribution in [2.24, 2.45) is 0 Å². The van der Waals surface area contributed by atoms with E-state index in [1.54, 1.807) is 6.07 Å². The molecule has 70 valence electrons. The van der Waals surface area contributed by atoms with Crippen molar-refractivity contribution in [1.82, 2.24) is 0 Å². The van der Waals surface area contributed by atoms with Crippen LogP contribution in [0.2, 0.25) is 0 Å². The number of fused-ring (bicyclic) bond motifs is 1. The van der Waals surface area contributed by atoms with E-state index in [1.807, 2.05) is 6.07 Å². The number of hydrogen-bond acceptors (Lipinski definition) is 2. The molecule has 0 aliphatic carbocycles. The van der Waals surface area contributed by atoms with Gasteiger partial charge in [0.1, 0.15) is 5.82 Å². The summed E-state index contributed by atoms with van der Waals surface area (Å²) in [5.74, 6) is -0.457. The second-order valence-electron chi connectivity index (χ2n) is 2.88. The molecule has 0 amide bonds. The molecular weight excluding hydrogens is 204 g/mol. The lowest BCUT2D eigenvalue weighted by Gasteiger charge is -1.96. The van der Waals surface area contributed by atoms with Crippen molar-refractivity contribution < 1.29 is 8.78 Å². The summed E-state index contributed by atoms with van der Waals surface area (Å²) in [6.45, 7) is 0. The quantitative estimate of drug-likeness (QED) is 0.707. The molecular formula is C10H5F2NS. The van der Waals surface area contributed by atoms with E-state index in [2.05, 4.69) is 0 Å². The number of benzene rings is 1. The van der Waals surface area contributed by atoms with Gasteiger partial charge in [0.2, 0.25) is 0 Å². The van der Waals surface area contributed by atoms with Crippen LogP contribution in [-0.4, -0.2) is 0 Å². The van der Waals surface area contributed by atoms with Crippen LogP contribution in [-0.2, 0) is 6.42 Å². The average Bonchev–Trinajstić information content (AvgIpc) is 2.47. The molecule has 0 bridgehead atoms. The molecule has 2 rings (SSSR count). The van der Waals surface area contributed by atoms with Gasteiger partial charge in [-0.3, -0.25) is 0 Å². The second kappa shape index (κ2) is 3.35. The van der Waals surface area contributed by atoms with Crippen molar-refractivity contribution in [3.05, 3.63) is 34.7 Å². The van der Waals surface area contributed by atoms with E-state index >= 15 is 0 Å². The molecule has 1 aromatic heterocycles. The van der Waals surface area contributed by atoms with E-state index in [4.69, 9.17) is 5.26 Å². The SMILES string of the molecule is N#CCc1cc(F)c2sc(F)cc2c1. The molecule has 4 heteroatoms. The van der Waals surface area contributed by atoms with E-state index in [1.165, 1.54) is 12.1 Å². The Balaban J connectivity index is 2.66. The molecule has 0 saturated heterocycles.